The van der Waals surface area contributed by atoms with Crippen LogP contribution in [0.15, 0.2) is 23.7 Å². The van der Waals surface area contributed by atoms with E-state index in [1.807, 2.05) is 6.07 Å². The summed E-state index contributed by atoms with van der Waals surface area (Å²) in [6.45, 7) is 3.70. The number of nitrogens with zero attached hydrogens (tertiary/aromatic N) is 3. The van der Waals surface area contributed by atoms with Crippen LogP contribution in [0.25, 0.3) is 0 Å². The number of morpholine rings is 1. The second-order valence-electron chi connectivity index (χ2n) is 5.12. The Labute approximate surface area is 138 Å². The first kappa shape index (κ1) is 15.9. The van der Waals surface area contributed by atoms with Gasteiger partial charge < -0.3 is 20.7 Å². The van der Waals surface area contributed by atoms with Gasteiger partial charge in [-0.1, -0.05) is 0 Å². The van der Waals surface area contributed by atoms with Crippen molar-refractivity contribution in [2.75, 3.05) is 43.1 Å². The molecule has 1 aliphatic rings. The molecule has 8 heteroatoms. The third kappa shape index (κ3) is 4.04. The lowest BCUT2D eigenvalue weighted by Crippen LogP contribution is -2.36. The third-order valence-electron chi connectivity index (χ3n) is 3.51. The molecule has 0 saturated carbocycles. The summed E-state index contributed by atoms with van der Waals surface area (Å²) in [7, 11) is 0. The van der Waals surface area contributed by atoms with E-state index in [-0.39, 0.29) is 5.91 Å². The molecule has 0 atom stereocenters. The van der Waals surface area contributed by atoms with E-state index < -0.39 is 0 Å². The number of nitrogens with one attached hydrogen (secondary N) is 1. The van der Waals surface area contributed by atoms with E-state index >= 15 is 0 Å². The Hall–Kier alpha value is -2.03. The number of pyridine rings is 1. The summed E-state index contributed by atoms with van der Waals surface area (Å²) in [5.41, 5.74) is 6.92. The minimum absolute atomic E-state index is 0.254. The zero-order valence-corrected chi connectivity index (χ0v) is 13.5. The number of anilines is 2. The van der Waals surface area contributed by atoms with Gasteiger partial charge in [-0.25, -0.2) is 9.97 Å². The highest BCUT2D eigenvalue weighted by Gasteiger charge is 2.13. The molecule has 3 heterocycles. The first-order valence-corrected chi connectivity index (χ1v) is 8.39. The predicted molar refractivity (Wildman–Crippen MR) is 90.1 cm³/mol. The van der Waals surface area contributed by atoms with Crippen molar-refractivity contribution in [2.24, 2.45) is 5.73 Å². The summed E-state index contributed by atoms with van der Waals surface area (Å²) in [5, 5.41) is 5.37. The van der Waals surface area contributed by atoms with Crippen molar-refractivity contribution in [1.29, 1.82) is 0 Å². The van der Waals surface area contributed by atoms with Gasteiger partial charge in [0.25, 0.3) is 5.91 Å². The highest BCUT2D eigenvalue weighted by atomic mass is 32.1. The van der Waals surface area contributed by atoms with Crippen molar-refractivity contribution >= 4 is 28.7 Å². The molecule has 7 nitrogen and oxygen atoms in total. The molecule has 1 saturated heterocycles. The number of hydrogen-bond acceptors (Lipinski definition) is 7. The molecule has 23 heavy (non-hydrogen) atoms. The summed E-state index contributed by atoms with van der Waals surface area (Å²) in [4.78, 5) is 22.9. The number of hydrogen-bond donors (Lipinski definition) is 2. The maximum atomic E-state index is 12.2. The van der Waals surface area contributed by atoms with Gasteiger partial charge in [0.1, 0.15) is 11.5 Å². The zero-order chi connectivity index (χ0) is 16.1. The van der Waals surface area contributed by atoms with Crippen molar-refractivity contribution in [1.82, 2.24) is 9.97 Å². The molecule has 3 rings (SSSR count). The van der Waals surface area contributed by atoms with Crippen LogP contribution in [0.2, 0.25) is 0 Å². The fourth-order valence-corrected chi connectivity index (χ4v) is 3.10. The molecule has 0 aliphatic carbocycles. The van der Waals surface area contributed by atoms with Crippen LogP contribution in [-0.4, -0.2) is 48.7 Å². The average Bonchev–Trinajstić information content (AvgIpc) is 3.06. The molecular weight excluding hydrogens is 314 g/mol. The molecular formula is C15H19N5O2S. The Morgan fingerprint density at radius 3 is 2.91 bits per heavy atom. The van der Waals surface area contributed by atoms with Gasteiger partial charge in [0.2, 0.25) is 0 Å². The first-order valence-electron chi connectivity index (χ1n) is 7.51. The van der Waals surface area contributed by atoms with E-state index in [1.54, 1.807) is 17.6 Å². The monoisotopic (exact) mass is 333 g/mol. The van der Waals surface area contributed by atoms with Crippen LogP contribution in [0.4, 0.5) is 11.5 Å². The number of rotatable bonds is 5. The van der Waals surface area contributed by atoms with Crippen LogP contribution in [0.5, 0.6) is 0 Å². The Kier molecular flexibility index (Phi) is 5.16. The normalized spacial score (nSPS) is 14.7. The molecule has 1 amide bonds. The summed E-state index contributed by atoms with van der Waals surface area (Å²) in [6, 6.07) is 3.75. The van der Waals surface area contributed by atoms with Crippen molar-refractivity contribution in [3.63, 3.8) is 0 Å². The molecule has 1 aliphatic heterocycles. The van der Waals surface area contributed by atoms with E-state index in [1.165, 1.54) is 11.3 Å². The van der Waals surface area contributed by atoms with E-state index in [0.29, 0.717) is 24.5 Å². The van der Waals surface area contributed by atoms with Gasteiger partial charge in [0.05, 0.1) is 30.1 Å². The second kappa shape index (κ2) is 7.49. The molecule has 0 spiro atoms. The van der Waals surface area contributed by atoms with Gasteiger partial charge in [0.15, 0.2) is 0 Å². The third-order valence-corrected chi connectivity index (χ3v) is 4.42. The second-order valence-corrected chi connectivity index (χ2v) is 6.06. The highest BCUT2D eigenvalue weighted by Crippen LogP contribution is 2.17. The van der Waals surface area contributed by atoms with Crippen LogP contribution in [0, 0.1) is 0 Å². The van der Waals surface area contributed by atoms with Gasteiger partial charge in [-0.2, -0.15) is 0 Å². The molecule has 3 N–H and O–H groups in total. The fourth-order valence-electron chi connectivity index (χ4n) is 2.30. The van der Waals surface area contributed by atoms with E-state index in [2.05, 4.69) is 20.2 Å². The summed E-state index contributed by atoms with van der Waals surface area (Å²) >= 11 is 1.44. The van der Waals surface area contributed by atoms with Crippen LogP contribution in [0.3, 0.4) is 0 Å². The lowest BCUT2D eigenvalue weighted by molar-refractivity contribution is 0.102. The number of carbonyl (C=O) groups excluding carboxylic acids is 1. The Bertz CT molecular complexity index is 652. The maximum absolute atomic E-state index is 12.2. The van der Waals surface area contributed by atoms with Crippen LogP contribution in [0.1, 0.15) is 15.5 Å². The topological polar surface area (TPSA) is 93.4 Å². The quantitative estimate of drug-likeness (QED) is 0.852. The molecule has 2 aromatic heterocycles. The summed E-state index contributed by atoms with van der Waals surface area (Å²) in [5.74, 6) is 0.261. The average molecular weight is 333 g/mol. The largest absolute Gasteiger partial charge is 0.378 e. The van der Waals surface area contributed by atoms with Gasteiger partial charge in [-0.3, -0.25) is 4.79 Å². The van der Waals surface area contributed by atoms with Crippen LogP contribution < -0.4 is 16.0 Å². The Morgan fingerprint density at radius 2 is 2.22 bits per heavy atom. The Morgan fingerprint density at radius 1 is 1.39 bits per heavy atom. The van der Waals surface area contributed by atoms with Crippen molar-refractivity contribution < 1.29 is 9.53 Å². The number of amides is 1. The molecule has 1 fully saturated rings. The summed E-state index contributed by atoms with van der Waals surface area (Å²) in [6.07, 6.45) is 2.45. The number of thiazole rings is 1. The molecule has 0 radical (unpaired) electrons. The predicted octanol–water partition coefficient (Wildman–Crippen LogP) is 1.13. The van der Waals surface area contributed by atoms with Crippen molar-refractivity contribution in [3.05, 3.63) is 34.4 Å². The highest BCUT2D eigenvalue weighted by molar-refractivity contribution is 7.09. The molecule has 2 aromatic rings. The minimum atomic E-state index is -0.254. The molecule has 122 valence electrons. The van der Waals surface area contributed by atoms with Crippen LogP contribution >= 0.6 is 11.3 Å². The standard InChI is InChI=1S/C15H19N5O2S/c16-4-3-14-18-12(10-23-14)15(21)19-13-2-1-11(9-17-13)20-5-7-22-8-6-20/h1-2,9-10H,3-8,16H2,(H,17,19,21). The molecule has 0 unspecified atom stereocenters. The van der Waals surface area contributed by atoms with Crippen molar-refractivity contribution in [3.8, 4) is 0 Å². The summed E-state index contributed by atoms with van der Waals surface area (Å²) < 4.78 is 5.33. The SMILES string of the molecule is NCCc1nc(C(=O)Nc2ccc(N3CCOCC3)cn2)cs1. The molecule has 0 aromatic carbocycles. The lowest BCUT2D eigenvalue weighted by atomic mass is 10.3. The van der Waals surface area contributed by atoms with E-state index in [4.69, 9.17) is 10.5 Å². The van der Waals surface area contributed by atoms with Gasteiger partial charge >= 0.3 is 0 Å². The zero-order valence-electron chi connectivity index (χ0n) is 12.7. The van der Waals surface area contributed by atoms with Gasteiger partial charge in [0, 0.05) is 24.9 Å². The number of carbonyl (C=O) groups is 1. The first-order chi connectivity index (χ1) is 11.3. The van der Waals surface area contributed by atoms with Crippen LogP contribution in [-0.2, 0) is 11.2 Å². The maximum Gasteiger partial charge on any atom is 0.276 e. The molecule has 0 bridgehead atoms. The number of ether oxygens (including phenoxy) is 1. The van der Waals surface area contributed by atoms with Gasteiger partial charge in [-0.15, -0.1) is 11.3 Å². The fraction of sp³-hybridized carbons (Fsp3) is 0.400. The Balaban J connectivity index is 1.61. The number of nitrogens with two attached hydrogens (primary N) is 1. The van der Waals surface area contributed by atoms with Crippen molar-refractivity contribution in [2.45, 2.75) is 6.42 Å². The smallest absolute Gasteiger partial charge is 0.276 e. The number of aromatic nitrogens is 2. The van der Waals surface area contributed by atoms with Gasteiger partial charge in [-0.05, 0) is 18.7 Å². The minimum Gasteiger partial charge on any atom is -0.378 e. The van der Waals surface area contributed by atoms with E-state index in [9.17, 15) is 4.79 Å². The van der Waals surface area contributed by atoms with E-state index in [0.717, 1.165) is 37.0 Å². The lowest BCUT2D eigenvalue weighted by Gasteiger charge is -2.28.